The summed E-state index contributed by atoms with van der Waals surface area (Å²) in [5, 5.41) is 0. The minimum absolute atomic E-state index is 0.166. The second-order valence-corrected chi connectivity index (χ2v) is 5.33. The third-order valence-corrected chi connectivity index (χ3v) is 3.86. The van der Waals surface area contributed by atoms with Crippen molar-refractivity contribution in [3.8, 4) is 5.75 Å². The molecular formula is C13H13BrFNO2. The Morgan fingerprint density at radius 2 is 2.11 bits per heavy atom. The highest BCUT2D eigenvalue weighted by Crippen LogP contribution is 2.47. The van der Waals surface area contributed by atoms with Crippen molar-refractivity contribution in [2.24, 2.45) is 4.99 Å². The predicted octanol–water partition coefficient (Wildman–Crippen LogP) is 3.70. The molecule has 0 aliphatic heterocycles. The Morgan fingerprint density at radius 1 is 1.44 bits per heavy atom. The summed E-state index contributed by atoms with van der Waals surface area (Å²) in [5.74, 6) is -0.284. The summed E-state index contributed by atoms with van der Waals surface area (Å²) >= 11 is 3.26. The van der Waals surface area contributed by atoms with Gasteiger partial charge in [0.2, 0.25) is 6.08 Å². The average Bonchev–Trinajstić information content (AvgIpc) is 2.78. The van der Waals surface area contributed by atoms with Gasteiger partial charge in [0.05, 0.1) is 7.11 Å². The van der Waals surface area contributed by atoms with Crippen molar-refractivity contribution in [1.82, 2.24) is 0 Å². The maximum absolute atomic E-state index is 13.9. The number of halogens is 2. The number of nitrogens with zero attached hydrogens (tertiary/aromatic N) is 1. The molecule has 1 fully saturated rings. The van der Waals surface area contributed by atoms with Gasteiger partial charge in [0.25, 0.3) is 0 Å². The monoisotopic (exact) mass is 313 g/mol. The molecule has 18 heavy (non-hydrogen) atoms. The fourth-order valence-electron chi connectivity index (χ4n) is 2.60. The molecule has 1 aromatic rings. The molecular weight excluding hydrogens is 301 g/mol. The lowest BCUT2D eigenvalue weighted by Gasteiger charge is -2.25. The van der Waals surface area contributed by atoms with Gasteiger partial charge in [0.1, 0.15) is 5.54 Å². The van der Waals surface area contributed by atoms with Crippen molar-refractivity contribution >= 4 is 22.0 Å². The number of ether oxygens (including phenoxy) is 1. The zero-order valence-electron chi connectivity index (χ0n) is 10.0. The van der Waals surface area contributed by atoms with Crippen molar-refractivity contribution in [2.75, 3.05) is 7.11 Å². The lowest BCUT2D eigenvalue weighted by molar-refractivity contribution is 0.357. The summed E-state index contributed by atoms with van der Waals surface area (Å²) in [4.78, 5) is 14.6. The highest BCUT2D eigenvalue weighted by atomic mass is 79.9. The third-order valence-electron chi connectivity index (χ3n) is 3.40. The molecule has 0 atom stereocenters. The van der Waals surface area contributed by atoms with Crippen LogP contribution in [0.2, 0.25) is 0 Å². The lowest BCUT2D eigenvalue weighted by atomic mass is 9.88. The van der Waals surface area contributed by atoms with Gasteiger partial charge in [0, 0.05) is 10.0 Å². The first-order valence-corrected chi connectivity index (χ1v) is 6.55. The summed E-state index contributed by atoms with van der Waals surface area (Å²) in [6, 6.07) is 3.11. The van der Waals surface area contributed by atoms with Gasteiger partial charge in [-0.2, -0.15) is 4.99 Å². The smallest absolute Gasteiger partial charge is 0.235 e. The van der Waals surface area contributed by atoms with Crippen LogP contribution in [-0.4, -0.2) is 13.2 Å². The van der Waals surface area contributed by atoms with Crippen LogP contribution in [0, 0.1) is 5.82 Å². The van der Waals surface area contributed by atoms with E-state index in [0.29, 0.717) is 22.9 Å². The maximum atomic E-state index is 13.9. The fraction of sp³-hybridized carbons (Fsp3) is 0.462. The van der Waals surface area contributed by atoms with E-state index in [0.717, 1.165) is 12.8 Å². The molecule has 2 rings (SSSR count). The number of benzene rings is 1. The molecule has 1 aliphatic rings. The molecule has 0 amide bonds. The van der Waals surface area contributed by atoms with Gasteiger partial charge in [-0.05, 0) is 25.0 Å². The molecule has 3 nitrogen and oxygen atoms in total. The van der Waals surface area contributed by atoms with Crippen LogP contribution in [0.3, 0.4) is 0 Å². The first-order valence-electron chi connectivity index (χ1n) is 5.75. The summed E-state index contributed by atoms with van der Waals surface area (Å²) in [6.45, 7) is 0. The SMILES string of the molecule is COc1c(F)cc(Br)cc1C1(N=C=O)CCCC1. The van der Waals surface area contributed by atoms with Crippen LogP contribution in [0.1, 0.15) is 31.2 Å². The molecule has 0 radical (unpaired) electrons. The number of rotatable bonds is 3. The van der Waals surface area contributed by atoms with Crippen LogP contribution in [0.5, 0.6) is 5.75 Å². The Bertz CT molecular complexity index is 506. The molecule has 0 spiro atoms. The maximum Gasteiger partial charge on any atom is 0.235 e. The van der Waals surface area contributed by atoms with E-state index in [-0.39, 0.29) is 5.75 Å². The summed E-state index contributed by atoms with van der Waals surface area (Å²) in [5.41, 5.74) is -0.0599. The highest BCUT2D eigenvalue weighted by molar-refractivity contribution is 9.10. The van der Waals surface area contributed by atoms with Gasteiger partial charge in [-0.1, -0.05) is 28.8 Å². The van der Waals surface area contributed by atoms with Gasteiger partial charge in [-0.3, -0.25) is 0 Å². The summed E-state index contributed by atoms with van der Waals surface area (Å²) in [6.07, 6.45) is 4.98. The molecule has 5 heteroatoms. The highest BCUT2D eigenvalue weighted by Gasteiger charge is 2.39. The van der Waals surface area contributed by atoms with Crippen LogP contribution in [0.15, 0.2) is 21.6 Å². The molecule has 0 heterocycles. The standard InChI is InChI=1S/C13H13BrFNO2/c1-18-12-10(6-9(14)7-11(12)15)13(16-8-17)4-2-3-5-13/h6-7H,2-5H2,1H3. The zero-order chi connectivity index (χ0) is 13.2. The number of aliphatic imine (C=N–C) groups is 1. The van der Waals surface area contributed by atoms with Gasteiger partial charge in [-0.15, -0.1) is 0 Å². The lowest BCUT2D eigenvalue weighted by Crippen LogP contribution is -2.20. The van der Waals surface area contributed by atoms with Gasteiger partial charge >= 0.3 is 0 Å². The molecule has 1 aromatic carbocycles. The van der Waals surface area contributed by atoms with E-state index in [9.17, 15) is 9.18 Å². The quantitative estimate of drug-likeness (QED) is 0.630. The first-order chi connectivity index (χ1) is 8.63. The Morgan fingerprint density at radius 3 is 2.67 bits per heavy atom. The number of methoxy groups -OCH3 is 1. The van der Waals surface area contributed by atoms with Crippen molar-refractivity contribution in [3.05, 3.63) is 28.0 Å². The minimum atomic E-state index is -0.683. The van der Waals surface area contributed by atoms with E-state index >= 15 is 0 Å². The molecule has 1 saturated carbocycles. The van der Waals surface area contributed by atoms with Crippen LogP contribution in [0.4, 0.5) is 4.39 Å². The second kappa shape index (κ2) is 5.21. The molecule has 1 aliphatic carbocycles. The van der Waals surface area contributed by atoms with Gasteiger partial charge < -0.3 is 4.74 Å². The van der Waals surface area contributed by atoms with E-state index in [2.05, 4.69) is 20.9 Å². The van der Waals surface area contributed by atoms with Crippen molar-refractivity contribution < 1.29 is 13.9 Å². The largest absolute Gasteiger partial charge is 0.493 e. The third kappa shape index (κ3) is 2.20. The summed E-state index contributed by atoms with van der Waals surface area (Å²) in [7, 11) is 1.42. The molecule has 0 unspecified atom stereocenters. The van der Waals surface area contributed by atoms with Crippen LogP contribution in [0.25, 0.3) is 0 Å². The van der Waals surface area contributed by atoms with Gasteiger partial charge in [0.15, 0.2) is 11.6 Å². The Balaban J connectivity index is 2.64. The molecule has 0 aromatic heterocycles. The van der Waals surface area contributed by atoms with Crippen LogP contribution < -0.4 is 4.74 Å². The van der Waals surface area contributed by atoms with Crippen molar-refractivity contribution in [2.45, 2.75) is 31.2 Å². The Hall–Kier alpha value is -1.19. The van der Waals surface area contributed by atoms with Gasteiger partial charge in [-0.25, -0.2) is 9.18 Å². The normalized spacial score (nSPS) is 17.3. The van der Waals surface area contributed by atoms with E-state index < -0.39 is 11.4 Å². The van der Waals surface area contributed by atoms with Crippen molar-refractivity contribution in [3.63, 3.8) is 0 Å². The average molecular weight is 314 g/mol. The van der Waals surface area contributed by atoms with E-state index in [1.54, 1.807) is 12.1 Å². The molecule has 96 valence electrons. The first kappa shape index (κ1) is 13.2. The predicted molar refractivity (Wildman–Crippen MR) is 68.9 cm³/mol. The number of carbonyl (C=O) groups excluding carboxylic acids is 1. The second-order valence-electron chi connectivity index (χ2n) is 4.41. The molecule has 0 saturated heterocycles. The Labute approximate surface area is 113 Å². The number of hydrogen-bond acceptors (Lipinski definition) is 3. The van der Waals surface area contributed by atoms with Crippen molar-refractivity contribution in [1.29, 1.82) is 0 Å². The minimum Gasteiger partial charge on any atom is -0.493 e. The van der Waals surface area contributed by atoms with Crippen LogP contribution in [-0.2, 0) is 10.3 Å². The van der Waals surface area contributed by atoms with Crippen LogP contribution >= 0.6 is 15.9 Å². The zero-order valence-corrected chi connectivity index (χ0v) is 11.6. The topological polar surface area (TPSA) is 38.7 Å². The fourth-order valence-corrected chi connectivity index (χ4v) is 3.03. The van der Waals surface area contributed by atoms with E-state index in [4.69, 9.17) is 4.74 Å². The Kier molecular flexibility index (Phi) is 3.83. The molecule has 0 N–H and O–H groups in total. The van der Waals surface area contributed by atoms with E-state index in [1.165, 1.54) is 13.2 Å². The number of hydrogen-bond donors (Lipinski definition) is 0. The summed E-state index contributed by atoms with van der Waals surface area (Å²) < 4.78 is 19.6. The van der Waals surface area contributed by atoms with E-state index in [1.807, 2.05) is 0 Å². The number of isocyanates is 1. The molecule has 0 bridgehead atoms.